The standard InChI is InChI=1S/C25H30ClN3O3S2/c1-3-19-12-21(13-20(4-2)29(19)15-18-8-6-5-7-9-18)32-24-11-10-22(14-23(24)26)34(30,31)28-25-16-33-17-27-25/h5-11,14,16-17,19-21,28H,3-4,12-13,15H2,1-2H3/t19-,20+,21?. The minimum Gasteiger partial charge on any atom is -0.489 e. The molecule has 1 unspecified atom stereocenters. The van der Waals surface area contributed by atoms with Gasteiger partial charge in [0.2, 0.25) is 0 Å². The first-order valence-electron chi connectivity index (χ1n) is 11.6. The van der Waals surface area contributed by atoms with Gasteiger partial charge in [0, 0.05) is 24.0 Å². The number of sulfonamides is 1. The number of thiazole rings is 1. The van der Waals surface area contributed by atoms with Crippen molar-refractivity contribution in [3.63, 3.8) is 0 Å². The molecule has 9 heteroatoms. The van der Waals surface area contributed by atoms with Gasteiger partial charge in [-0.25, -0.2) is 13.4 Å². The summed E-state index contributed by atoms with van der Waals surface area (Å²) in [5.41, 5.74) is 2.89. The number of hydrogen-bond donors (Lipinski definition) is 1. The fraction of sp³-hybridized carbons (Fsp3) is 0.400. The summed E-state index contributed by atoms with van der Waals surface area (Å²) in [5.74, 6) is 0.806. The molecule has 1 aromatic heterocycles. The Hall–Kier alpha value is -2.13. The largest absolute Gasteiger partial charge is 0.489 e. The molecular formula is C25H30ClN3O3S2. The molecule has 1 fully saturated rings. The zero-order chi connectivity index (χ0) is 24.1. The molecular weight excluding hydrogens is 490 g/mol. The summed E-state index contributed by atoms with van der Waals surface area (Å²) in [7, 11) is -3.77. The number of halogens is 1. The van der Waals surface area contributed by atoms with Crippen LogP contribution in [0.25, 0.3) is 0 Å². The maximum atomic E-state index is 12.7. The third kappa shape index (κ3) is 5.92. The van der Waals surface area contributed by atoms with Gasteiger partial charge in [-0.1, -0.05) is 55.8 Å². The Morgan fingerprint density at radius 3 is 2.41 bits per heavy atom. The molecule has 2 aromatic carbocycles. The maximum absolute atomic E-state index is 12.7. The number of piperidine rings is 1. The van der Waals surface area contributed by atoms with Gasteiger partial charge in [-0.2, -0.15) is 0 Å². The van der Waals surface area contributed by atoms with E-state index in [4.69, 9.17) is 16.3 Å². The number of hydrogen-bond acceptors (Lipinski definition) is 6. The number of anilines is 1. The second kappa shape index (κ2) is 11.1. The Labute approximate surface area is 211 Å². The summed E-state index contributed by atoms with van der Waals surface area (Å²) in [6.07, 6.45) is 3.91. The lowest BCUT2D eigenvalue weighted by atomic mass is 9.89. The van der Waals surface area contributed by atoms with Crippen LogP contribution < -0.4 is 9.46 Å². The molecule has 6 nitrogen and oxygen atoms in total. The van der Waals surface area contributed by atoms with Gasteiger partial charge in [0.25, 0.3) is 10.0 Å². The molecule has 0 amide bonds. The van der Waals surface area contributed by atoms with Crippen LogP contribution in [0.4, 0.5) is 5.82 Å². The van der Waals surface area contributed by atoms with E-state index in [0.29, 0.717) is 23.7 Å². The lowest BCUT2D eigenvalue weighted by Crippen LogP contribution is -2.51. The van der Waals surface area contributed by atoms with Gasteiger partial charge in [-0.15, -0.1) is 11.3 Å². The van der Waals surface area contributed by atoms with Crippen LogP contribution in [0.15, 0.2) is 64.3 Å². The third-order valence-corrected chi connectivity index (χ3v) is 8.57. The lowest BCUT2D eigenvalue weighted by Gasteiger charge is -2.45. The first-order valence-corrected chi connectivity index (χ1v) is 14.4. The van der Waals surface area contributed by atoms with Crippen molar-refractivity contribution in [2.24, 2.45) is 0 Å². The number of aromatic nitrogens is 1. The highest BCUT2D eigenvalue weighted by molar-refractivity contribution is 7.92. The Morgan fingerprint density at radius 1 is 1.12 bits per heavy atom. The Morgan fingerprint density at radius 2 is 1.82 bits per heavy atom. The fourth-order valence-corrected chi connectivity index (χ4v) is 6.48. The molecule has 0 bridgehead atoms. The monoisotopic (exact) mass is 519 g/mol. The molecule has 1 aliphatic heterocycles. The van der Waals surface area contributed by atoms with E-state index >= 15 is 0 Å². The first kappa shape index (κ1) is 25.0. The van der Waals surface area contributed by atoms with Crippen LogP contribution in [0.5, 0.6) is 5.75 Å². The van der Waals surface area contributed by atoms with E-state index in [0.717, 1.165) is 32.2 Å². The van der Waals surface area contributed by atoms with Crippen molar-refractivity contribution < 1.29 is 13.2 Å². The summed E-state index contributed by atoms with van der Waals surface area (Å²) in [4.78, 5) is 6.66. The molecule has 1 N–H and O–H groups in total. The smallest absolute Gasteiger partial charge is 0.263 e. The van der Waals surface area contributed by atoms with E-state index in [1.54, 1.807) is 17.0 Å². The van der Waals surface area contributed by atoms with Crippen LogP contribution >= 0.6 is 22.9 Å². The predicted molar refractivity (Wildman–Crippen MR) is 138 cm³/mol. The molecule has 1 saturated heterocycles. The van der Waals surface area contributed by atoms with Crippen molar-refractivity contribution in [3.05, 3.63) is 70.0 Å². The van der Waals surface area contributed by atoms with Gasteiger partial charge >= 0.3 is 0 Å². The number of likely N-dealkylation sites (tertiary alicyclic amines) is 1. The molecule has 34 heavy (non-hydrogen) atoms. The molecule has 4 rings (SSSR count). The van der Waals surface area contributed by atoms with Crippen LogP contribution in [0.2, 0.25) is 5.02 Å². The summed E-state index contributed by atoms with van der Waals surface area (Å²) in [5, 5.41) is 1.92. The van der Waals surface area contributed by atoms with Crippen molar-refractivity contribution in [1.29, 1.82) is 0 Å². The van der Waals surface area contributed by atoms with Crippen LogP contribution in [0.1, 0.15) is 45.1 Å². The Kier molecular flexibility index (Phi) is 8.14. The molecule has 1 aliphatic rings. The summed E-state index contributed by atoms with van der Waals surface area (Å²) in [6.45, 7) is 5.38. The highest BCUT2D eigenvalue weighted by Crippen LogP contribution is 2.34. The van der Waals surface area contributed by atoms with E-state index < -0.39 is 10.0 Å². The van der Waals surface area contributed by atoms with Crippen molar-refractivity contribution in [2.45, 2.75) is 69.2 Å². The van der Waals surface area contributed by atoms with Crippen molar-refractivity contribution >= 4 is 38.8 Å². The first-order chi connectivity index (χ1) is 16.4. The van der Waals surface area contributed by atoms with Crippen LogP contribution in [0.3, 0.4) is 0 Å². The molecule has 0 spiro atoms. The third-order valence-electron chi connectivity index (χ3n) is 6.34. The average Bonchev–Trinajstić information content (AvgIpc) is 3.34. The quantitative estimate of drug-likeness (QED) is 0.364. The molecule has 0 radical (unpaired) electrons. The van der Waals surface area contributed by atoms with Gasteiger partial charge in [0.1, 0.15) is 11.9 Å². The van der Waals surface area contributed by atoms with E-state index in [-0.39, 0.29) is 16.0 Å². The van der Waals surface area contributed by atoms with Gasteiger partial charge < -0.3 is 4.74 Å². The minimum absolute atomic E-state index is 0.0232. The lowest BCUT2D eigenvalue weighted by molar-refractivity contribution is 0.00335. The van der Waals surface area contributed by atoms with E-state index in [2.05, 4.69) is 52.7 Å². The molecule has 2 heterocycles. The van der Waals surface area contributed by atoms with Crippen molar-refractivity contribution in [1.82, 2.24) is 9.88 Å². The molecule has 0 saturated carbocycles. The zero-order valence-electron chi connectivity index (χ0n) is 19.4. The van der Waals surface area contributed by atoms with Crippen molar-refractivity contribution in [3.8, 4) is 5.75 Å². The predicted octanol–water partition coefficient (Wildman–Crippen LogP) is 6.20. The summed E-state index contributed by atoms with van der Waals surface area (Å²) >= 11 is 7.79. The highest BCUT2D eigenvalue weighted by Gasteiger charge is 2.35. The van der Waals surface area contributed by atoms with Gasteiger partial charge in [-0.3, -0.25) is 9.62 Å². The number of ether oxygens (including phenoxy) is 1. The molecule has 0 aliphatic carbocycles. The van der Waals surface area contributed by atoms with E-state index in [1.165, 1.54) is 29.0 Å². The molecule has 3 aromatic rings. The Balaban J connectivity index is 1.46. The second-order valence-corrected chi connectivity index (χ2v) is 11.4. The maximum Gasteiger partial charge on any atom is 0.263 e. The van der Waals surface area contributed by atoms with Gasteiger partial charge in [0.15, 0.2) is 5.82 Å². The number of nitrogens with one attached hydrogen (secondary N) is 1. The van der Waals surface area contributed by atoms with Crippen LogP contribution in [-0.4, -0.2) is 36.5 Å². The minimum atomic E-state index is -3.77. The van der Waals surface area contributed by atoms with Gasteiger partial charge in [-0.05, 0) is 49.4 Å². The van der Waals surface area contributed by atoms with Crippen molar-refractivity contribution in [2.75, 3.05) is 4.72 Å². The number of nitrogens with zero attached hydrogens (tertiary/aromatic N) is 2. The normalized spacial score (nSPS) is 21.3. The van der Waals surface area contributed by atoms with Crippen LogP contribution in [-0.2, 0) is 16.6 Å². The van der Waals surface area contributed by atoms with Crippen LogP contribution in [0, 0.1) is 0 Å². The second-order valence-electron chi connectivity index (χ2n) is 8.56. The molecule has 182 valence electrons. The topological polar surface area (TPSA) is 71.5 Å². The number of rotatable bonds is 9. The SMILES string of the molecule is CC[C@@H]1CC(Oc2ccc(S(=O)(=O)Nc3cscn3)cc2Cl)C[C@H](CC)N1Cc1ccccc1. The Bertz CT molecular complexity index is 1160. The van der Waals surface area contributed by atoms with E-state index in [1.807, 2.05) is 6.07 Å². The van der Waals surface area contributed by atoms with E-state index in [9.17, 15) is 8.42 Å². The number of benzene rings is 2. The fourth-order valence-electron chi connectivity index (χ4n) is 4.61. The highest BCUT2D eigenvalue weighted by atomic mass is 35.5. The average molecular weight is 520 g/mol. The molecule has 3 atom stereocenters. The summed E-state index contributed by atoms with van der Waals surface area (Å²) < 4.78 is 34.1. The summed E-state index contributed by atoms with van der Waals surface area (Å²) in [6, 6.07) is 16.0. The van der Waals surface area contributed by atoms with Gasteiger partial charge in [0.05, 0.1) is 15.4 Å². The zero-order valence-corrected chi connectivity index (χ0v) is 21.7.